The Bertz CT molecular complexity index is 976. The Kier molecular flexibility index (Phi) is 4.67. The summed E-state index contributed by atoms with van der Waals surface area (Å²) in [6, 6.07) is 9.13. The SMILES string of the molecule is O=c1cc(C(F)(F)F)c2ccc(OCc3c(Cl)cccc3Cl)cc2o1. The summed E-state index contributed by atoms with van der Waals surface area (Å²) >= 11 is 12.1. The van der Waals surface area contributed by atoms with Crippen LogP contribution in [0.15, 0.2) is 51.7 Å². The Hall–Kier alpha value is -2.18. The summed E-state index contributed by atoms with van der Waals surface area (Å²) in [6.45, 7) is 0.00715. The molecule has 0 saturated carbocycles. The molecule has 0 N–H and O–H groups in total. The third kappa shape index (κ3) is 3.75. The van der Waals surface area contributed by atoms with E-state index in [1.54, 1.807) is 18.2 Å². The second-order valence-corrected chi connectivity index (χ2v) is 5.94. The quantitative estimate of drug-likeness (QED) is 0.540. The lowest BCUT2D eigenvalue weighted by atomic mass is 10.1. The van der Waals surface area contributed by atoms with Crippen molar-refractivity contribution in [2.45, 2.75) is 12.8 Å². The van der Waals surface area contributed by atoms with Crippen LogP contribution in [0.3, 0.4) is 0 Å². The molecule has 3 aromatic rings. The molecular weight excluding hydrogens is 380 g/mol. The Labute approximate surface area is 149 Å². The summed E-state index contributed by atoms with van der Waals surface area (Å²) in [5.41, 5.74) is -1.83. The lowest BCUT2D eigenvalue weighted by Crippen LogP contribution is -2.11. The van der Waals surface area contributed by atoms with E-state index in [4.69, 9.17) is 32.4 Å². The van der Waals surface area contributed by atoms with E-state index in [1.165, 1.54) is 18.2 Å². The Balaban J connectivity index is 1.96. The molecule has 3 rings (SSSR count). The third-order valence-electron chi connectivity index (χ3n) is 3.47. The normalized spacial score (nSPS) is 11.7. The zero-order valence-corrected chi connectivity index (χ0v) is 13.9. The Morgan fingerprint density at radius 2 is 1.72 bits per heavy atom. The zero-order chi connectivity index (χ0) is 18.2. The van der Waals surface area contributed by atoms with Gasteiger partial charge in [-0.05, 0) is 24.3 Å². The molecule has 1 heterocycles. The number of ether oxygens (including phenoxy) is 1. The maximum absolute atomic E-state index is 13.0. The maximum atomic E-state index is 13.0. The average molecular weight is 389 g/mol. The van der Waals surface area contributed by atoms with Crippen molar-refractivity contribution in [3.8, 4) is 5.75 Å². The molecular formula is C17H9Cl2F3O3. The monoisotopic (exact) mass is 388 g/mol. The molecule has 0 atom stereocenters. The summed E-state index contributed by atoms with van der Waals surface area (Å²) in [4.78, 5) is 11.4. The Morgan fingerprint density at radius 1 is 1.04 bits per heavy atom. The summed E-state index contributed by atoms with van der Waals surface area (Å²) in [7, 11) is 0. The molecule has 0 aliphatic rings. The fourth-order valence-electron chi connectivity index (χ4n) is 2.29. The van der Waals surface area contributed by atoms with Crippen LogP contribution < -0.4 is 10.4 Å². The molecule has 0 unspecified atom stereocenters. The second-order valence-electron chi connectivity index (χ2n) is 5.12. The van der Waals surface area contributed by atoms with E-state index in [2.05, 4.69) is 0 Å². The molecule has 0 amide bonds. The largest absolute Gasteiger partial charge is 0.489 e. The van der Waals surface area contributed by atoms with Gasteiger partial charge in [-0.15, -0.1) is 0 Å². The van der Waals surface area contributed by atoms with Crippen molar-refractivity contribution in [2.24, 2.45) is 0 Å². The van der Waals surface area contributed by atoms with Gasteiger partial charge in [0.05, 0.1) is 5.56 Å². The highest BCUT2D eigenvalue weighted by molar-refractivity contribution is 6.35. The van der Waals surface area contributed by atoms with E-state index in [9.17, 15) is 18.0 Å². The van der Waals surface area contributed by atoms with Crippen molar-refractivity contribution < 1.29 is 22.3 Å². The minimum atomic E-state index is -4.67. The van der Waals surface area contributed by atoms with Gasteiger partial charge < -0.3 is 9.15 Å². The van der Waals surface area contributed by atoms with Crippen molar-refractivity contribution in [3.63, 3.8) is 0 Å². The number of halogens is 5. The fourth-order valence-corrected chi connectivity index (χ4v) is 2.80. The zero-order valence-electron chi connectivity index (χ0n) is 12.4. The first kappa shape index (κ1) is 17.6. The number of fused-ring (bicyclic) bond motifs is 1. The number of alkyl halides is 3. The van der Waals surface area contributed by atoms with Crippen molar-refractivity contribution >= 4 is 34.2 Å². The van der Waals surface area contributed by atoms with Crippen LogP contribution in [0.2, 0.25) is 10.0 Å². The third-order valence-corrected chi connectivity index (χ3v) is 4.17. The lowest BCUT2D eigenvalue weighted by Gasteiger charge is -2.12. The van der Waals surface area contributed by atoms with Crippen molar-refractivity contribution in [1.82, 2.24) is 0 Å². The number of benzene rings is 2. The van der Waals surface area contributed by atoms with E-state index >= 15 is 0 Å². The van der Waals surface area contributed by atoms with Crippen LogP contribution in [-0.2, 0) is 12.8 Å². The molecule has 25 heavy (non-hydrogen) atoms. The van der Waals surface area contributed by atoms with Gasteiger partial charge in [0.2, 0.25) is 0 Å². The number of hydrogen-bond acceptors (Lipinski definition) is 3. The van der Waals surface area contributed by atoms with E-state index in [0.717, 1.165) is 0 Å². The minimum absolute atomic E-state index is 0.00715. The number of rotatable bonds is 3. The highest BCUT2D eigenvalue weighted by Gasteiger charge is 2.33. The molecule has 0 fully saturated rings. The van der Waals surface area contributed by atoms with Crippen molar-refractivity contribution in [1.29, 1.82) is 0 Å². The van der Waals surface area contributed by atoms with Crippen molar-refractivity contribution in [2.75, 3.05) is 0 Å². The summed E-state index contributed by atoms with van der Waals surface area (Å²) in [5.74, 6) is 0.214. The van der Waals surface area contributed by atoms with Crippen LogP contribution in [0.1, 0.15) is 11.1 Å². The van der Waals surface area contributed by atoms with Crippen LogP contribution in [0.4, 0.5) is 13.2 Å². The molecule has 3 nitrogen and oxygen atoms in total. The van der Waals surface area contributed by atoms with Crippen LogP contribution in [-0.4, -0.2) is 0 Å². The van der Waals surface area contributed by atoms with Crippen LogP contribution in [0.25, 0.3) is 11.0 Å². The van der Waals surface area contributed by atoms with Crippen molar-refractivity contribution in [3.05, 3.63) is 74.1 Å². The lowest BCUT2D eigenvalue weighted by molar-refractivity contribution is -0.136. The van der Waals surface area contributed by atoms with E-state index in [1.807, 2.05) is 0 Å². The smallest absolute Gasteiger partial charge is 0.417 e. The predicted molar refractivity (Wildman–Crippen MR) is 88.3 cm³/mol. The molecule has 2 aromatic carbocycles. The van der Waals surface area contributed by atoms with Gasteiger partial charge in [0.25, 0.3) is 0 Å². The van der Waals surface area contributed by atoms with Crippen LogP contribution in [0.5, 0.6) is 5.75 Å². The maximum Gasteiger partial charge on any atom is 0.417 e. The molecule has 0 spiro atoms. The molecule has 0 saturated heterocycles. The minimum Gasteiger partial charge on any atom is -0.489 e. The molecule has 0 radical (unpaired) electrons. The van der Waals surface area contributed by atoms with Gasteiger partial charge in [0.15, 0.2) is 0 Å². The van der Waals surface area contributed by atoms with E-state index in [0.29, 0.717) is 21.7 Å². The van der Waals surface area contributed by atoms with Gasteiger partial charge in [-0.25, -0.2) is 4.79 Å². The van der Waals surface area contributed by atoms with Crippen LogP contribution in [0, 0.1) is 0 Å². The van der Waals surface area contributed by atoms with Gasteiger partial charge in [0, 0.05) is 33.1 Å². The first-order valence-corrected chi connectivity index (χ1v) is 7.72. The topological polar surface area (TPSA) is 39.4 Å². The Morgan fingerprint density at radius 3 is 2.36 bits per heavy atom. The standard InChI is InChI=1S/C17H9Cl2F3O3/c18-13-2-1-3-14(19)11(13)8-24-9-4-5-10-12(17(20,21)22)7-16(23)25-15(10)6-9/h1-7H,8H2. The molecule has 0 bridgehead atoms. The van der Waals surface area contributed by atoms with Gasteiger partial charge in [-0.1, -0.05) is 29.3 Å². The highest BCUT2D eigenvalue weighted by Crippen LogP contribution is 2.35. The molecule has 0 aliphatic heterocycles. The molecule has 0 aliphatic carbocycles. The van der Waals surface area contributed by atoms with E-state index in [-0.39, 0.29) is 23.3 Å². The second kappa shape index (κ2) is 6.61. The van der Waals surface area contributed by atoms with Gasteiger partial charge in [-0.2, -0.15) is 13.2 Å². The van der Waals surface area contributed by atoms with E-state index < -0.39 is 17.4 Å². The first-order chi connectivity index (χ1) is 11.8. The molecule has 8 heteroatoms. The highest BCUT2D eigenvalue weighted by atomic mass is 35.5. The van der Waals surface area contributed by atoms with Crippen LogP contribution >= 0.6 is 23.2 Å². The summed E-state index contributed by atoms with van der Waals surface area (Å²) < 4.78 is 49.4. The first-order valence-electron chi connectivity index (χ1n) is 6.96. The summed E-state index contributed by atoms with van der Waals surface area (Å²) in [5, 5.41) is 0.577. The molecule has 130 valence electrons. The average Bonchev–Trinajstić information content (AvgIpc) is 2.52. The number of hydrogen-bond donors (Lipinski definition) is 0. The fraction of sp³-hybridized carbons (Fsp3) is 0.118. The van der Waals surface area contributed by atoms with Gasteiger partial charge >= 0.3 is 11.8 Å². The predicted octanol–water partition coefficient (Wildman–Crippen LogP) is 5.70. The molecule has 1 aromatic heterocycles. The summed E-state index contributed by atoms with van der Waals surface area (Å²) in [6.07, 6.45) is -4.67. The van der Waals surface area contributed by atoms with Gasteiger partial charge in [-0.3, -0.25) is 0 Å². The van der Waals surface area contributed by atoms with Gasteiger partial charge in [0.1, 0.15) is 17.9 Å².